The summed E-state index contributed by atoms with van der Waals surface area (Å²) in [6.45, 7) is 7.55. The Morgan fingerprint density at radius 3 is 2.60 bits per heavy atom. The number of amides is 2. The van der Waals surface area contributed by atoms with Crippen molar-refractivity contribution in [3.63, 3.8) is 0 Å². The second-order valence-corrected chi connectivity index (χ2v) is 5.31. The maximum atomic E-state index is 12.4. The lowest BCUT2D eigenvalue weighted by Crippen LogP contribution is -2.68. The van der Waals surface area contributed by atoms with Crippen molar-refractivity contribution < 1.29 is 19.1 Å². The average molecular weight is 286 g/mol. The molecule has 2 unspecified atom stereocenters. The summed E-state index contributed by atoms with van der Waals surface area (Å²) < 4.78 is 10.4. The van der Waals surface area contributed by atoms with Gasteiger partial charge in [-0.05, 0) is 26.7 Å². The maximum absolute atomic E-state index is 12.4. The first-order chi connectivity index (χ1) is 9.46. The smallest absolute Gasteiger partial charge is 0.248 e. The molecule has 116 valence electrons. The molecule has 2 atom stereocenters. The molecule has 2 amide bonds. The van der Waals surface area contributed by atoms with E-state index in [-0.39, 0.29) is 11.8 Å². The molecule has 1 fully saturated rings. The average Bonchev–Trinajstić information content (AvgIpc) is 2.43. The lowest BCUT2D eigenvalue weighted by Gasteiger charge is -2.42. The zero-order valence-electron chi connectivity index (χ0n) is 12.9. The van der Waals surface area contributed by atoms with Crippen LogP contribution in [0.3, 0.4) is 0 Å². The fourth-order valence-electron chi connectivity index (χ4n) is 2.17. The molecular formula is C14H26N2O4. The second-order valence-electron chi connectivity index (χ2n) is 5.31. The molecule has 0 aromatic heterocycles. The number of carbonyl (C=O) groups is 2. The molecule has 6 nitrogen and oxygen atoms in total. The van der Waals surface area contributed by atoms with Gasteiger partial charge in [0.15, 0.2) is 0 Å². The van der Waals surface area contributed by atoms with Crippen molar-refractivity contribution in [2.24, 2.45) is 0 Å². The summed E-state index contributed by atoms with van der Waals surface area (Å²) in [7, 11) is 1.65. The maximum Gasteiger partial charge on any atom is 0.248 e. The molecule has 0 aromatic rings. The fraction of sp³-hybridized carbons (Fsp3) is 0.857. The molecule has 0 bridgehead atoms. The number of carbonyl (C=O) groups excluding carboxylic acids is 2. The van der Waals surface area contributed by atoms with Crippen LogP contribution in [0, 0.1) is 0 Å². The number of piperazine rings is 1. The molecule has 0 radical (unpaired) electrons. The van der Waals surface area contributed by atoms with Gasteiger partial charge in [0.05, 0.1) is 6.61 Å². The van der Waals surface area contributed by atoms with Crippen LogP contribution >= 0.6 is 0 Å². The first-order valence-corrected chi connectivity index (χ1v) is 7.16. The highest BCUT2D eigenvalue weighted by molar-refractivity contribution is 5.99. The number of ether oxygens (including phenoxy) is 2. The van der Waals surface area contributed by atoms with Crippen LogP contribution in [0.1, 0.15) is 33.6 Å². The van der Waals surface area contributed by atoms with Crippen molar-refractivity contribution in [2.45, 2.75) is 45.2 Å². The number of nitrogens with zero attached hydrogens (tertiary/aromatic N) is 1. The molecule has 1 aliphatic rings. The molecule has 1 aliphatic heterocycles. The monoisotopic (exact) mass is 286 g/mol. The highest BCUT2D eigenvalue weighted by Crippen LogP contribution is 2.20. The molecule has 6 heteroatoms. The van der Waals surface area contributed by atoms with Crippen LogP contribution in [-0.4, -0.2) is 61.8 Å². The normalized spacial score (nSPS) is 26.8. The first-order valence-electron chi connectivity index (χ1n) is 7.16. The summed E-state index contributed by atoms with van der Waals surface area (Å²) in [5.41, 5.74) is -0.792. The van der Waals surface area contributed by atoms with E-state index in [9.17, 15) is 9.59 Å². The van der Waals surface area contributed by atoms with Gasteiger partial charge in [-0.1, -0.05) is 6.92 Å². The van der Waals surface area contributed by atoms with Crippen molar-refractivity contribution in [3.8, 4) is 0 Å². The van der Waals surface area contributed by atoms with Gasteiger partial charge in [-0.25, -0.2) is 0 Å². The Kier molecular flexibility index (Phi) is 6.42. The summed E-state index contributed by atoms with van der Waals surface area (Å²) >= 11 is 0. The van der Waals surface area contributed by atoms with E-state index in [0.717, 1.165) is 6.42 Å². The van der Waals surface area contributed by atoms with E-state index >= 15 is 0 Å². The summed E-state index contributed by atoms with van der Waals surface area (Å²) in [4.78, 5) is 26.0. The number of hydrogen-bond acceptors (Lipinski definition) is 4. The summed E-state index contributed by atoms with van der Waals surface area (Å²) in [6.07, 6.45) is 1.41. The van der Waals surface area contributed by atoms with Crippen molar-refractivity contribution >= 4 is 11.8 Å². The van der Waals surface area contributed by atoms with Gasteiger partial charge in [-0.15, -0.1) is 0 Å². The van der Waals surface area contributed by atoms with Gasteiger partial charge in [-0.3, -0.25) is 9.59 Å². The molecule has 0 aromatic carbocycles. The first kappa shape index (κ1) is 16.9. The third kappa shape index (κ3) is 3.93. The van der Waals surface area contributed by atoms with Crippen LogP contribution in [0.15, 0.2) is 0 Å². The topological polar surface area (TPSA) is 67.9 Å². The molecule has 0 spiro atoms. The minimum atomic E-state index is -0.792. The molecule has 20 heavy (non-hydrogen) atoms. The van der Waals surface area contributed by atoms with Crippen molar-refractivity contribution in [2.75, 3.05) is 33.5 Å². The third-order valence-corrected chi connectivity index (χ3v) is 3.80. The van der Waals surface area contributed by atoms with Crippen LogP contribution in [-0.2, 0) is 19.1 Å². The molecule has 0 aliphatic carbocycles. The largest absolute Gasteiger partial charge is 0.385 e. The summed E-state index contributed by atoms with van der Waals surface area (Å²) in [5, 5.41) is 2.80. The Balaban J connectivity index is 2.49. The van der Waals surface area contributed by atoms with E-state index in [1.54, 1.807) is 25.9 Å². The Morgan fingerprint density at radius 2 is 2.00 bits per heavy atom. The molecule has 1 rings (SSSR count). The van der Waals surface area contributed by atoms with Gasteiger partial charge in [0.1, 0.15) is 11.6 Å². The quantitative estimate of drug-likeness (QED) is 0.662. The molecule has 1 N–H and O–H groups in total. The number of hydrogen-bond donors (Lipinski definition) is 1. The fourth-order valence-corrected chi connectivity index (χ4v) is 2.17. The van der Waals surface area contributed by atoms with Gasteiger partial charge in [0.2, 0.25) is 11.8 Å². The Bertz CT molecular complexity index is 348. The van der Waals surface area contributed by atoms with Crippen LogP contribution in [0.25, 0.3) is 0 Å². The van der Waals surface area contributed by atoms with Crippen LogP contribution in [0.5, 0.6) is 0 Å². The van der Waals surface area contributed by atoms with Gasteiger partial charge in [-0.2, -0.15) is 0 Å². The Morgan fingerprint density at radius 1 is 1.30 bits per heavy atom. The number of methoxy groups -OCH3 is 1. The number of nitrogens with one attached hydrogen (secondary N) is 1. The molecule has 0 saturated carbocycles. The zero-order valence-corrected chi connectivity index (χ0v) is 12.9. The minimum Gasteiger partial charge on any atom is -0.385 e. The van der Waals surface area contributed by atoms with Gasteiger partial charge in [0.25, 0.3) is 0 Å². The van der Waals surface area contributed by atoms with Gasteiger partial charge in [0, 0.05) is 26.9 Å². The van der Waals surface area contributed by atoms with Gasteiger partial charge >= 0.3 is 0 Å². The zero-order chi connectivity index (χ0) is 15.2. The summed E-state index contributed by atoms with van der Waals surface area (Å²) in [5.74, 6) is -0.138. The van der Waals surface area contributed by atoms with E-state index in [1.807, 2.05) is 6.92 Å². The predicted molar refractivity (Wildman–Crippen MR) is 75.3 cm³/mol. The van der Waals surface area contributed by atoms with Crippen molar-refractivity contribution in [1.29, 1.82) is 0 Å². The predicted octanol–water partition coefficient (Wildman–Crippen LogP) is 0.555. The van der Waals surface area contributed by atoms with E-state index in [1.165, 1.54) is 0 Å². The second kappa shape index (κ2) is 7.59. The van der Waals surface area contributed by atoms with Crippen LogP contribution < -0.4 is 5.32 Å². The van der Waals surface area contributed by atoms with E-state index in [4.69, 9.17) is 9.47 Å². The third-order valence-electron chi connectivity index (χ3n) is 3.80. The number of rotatable bonds is 8. The van der Waals surface area contributed by atoms with E-state index in [2.05, 4.69) is 5.32 Å². The summed E-state index contributed by atoms with van der Waals surface area (Å²) in [6, 6.07) is -0.440. The van der Waals surface area contributed by atoms with Crippen molar-refractivity contribution in [1.82, 2.24) is 10.2 Å². The molecule has 1 saturated heterocycles. The highest BCUT2D eigenvalue weighted by Gasteiger charge is 2.44. The van der Waals surface area contributed by atoms with Crippen molar-refractivity contribution in [3.05, 3.63) is 0 Å². The van der Waals surface area contributed by atoms with E-state index < -0.39 is 11.6 Å². The standard InChI is InChI=1S/C14H26N2O4/c1-5-14(3)13(18)16(11(2)12(17)15-14)7-10-20-9-6-8-19-4/h11H,5-10H2,1-4H3,(H,15,17). The van der Waals surface area contributed by atoms with E-state index in [0.29, 0.717) is 32.8 Å². The van der Waals surface area contributed by atoms with Gasteiger partial charge < -0.3 is 19.7 Å². The van der Waals surface area contributed by atoms with Crippen LogP contribution in [0.4, 0.5) is 0 Å². The van der Waals surface area contributed by atoms with Crippen LogP contribution in [0.2, 0.25) is 0 Å². The Hall–Kier alpha value is -1.14. The Labute approximate surface area is 120 Å². The molecular weight excluding hydrogens is 260 g/mol. The highest BCUT2D eigenvalue weighted by atomic mass is 16.5. The SMILES string of the molecule is CCC1(C)NC(=O)C(C)N(CCOCCCOC)C1=O. The lowest BCUT2D eigenvalue weighted by atomic mass is 9.92. The molecule has 1 heterocycles. The minimum absolute atomic E-state index is 0.0346. The lowest BCUT2D eigenvalue weighted by molar-refractivity contribution is -0.154.